The van der Waals surface area contributed by atoms with Crippen LogP contribution < -0.4 is 15.4 Å². The van der Waals surface area contributed by atoms with Crippen LogP contribution >= 0.6 is 35.3 Å². The molecule has 0 aromatic carbocycles. The molecule has 8 heteroatoms. The standard InChI is InChI=1S/C15H21N5OS.HI/c1-11-20-13(10-22-11)6-8-18-15(16-2)19-9-12-5-4-7-17-14(12)21-3;/h4-5,7,10H,6,8-9H2,1-3H3,(H2,16,18,19);1H. The molecule has 126 valence electrons. The van der Waals surface area contributed by atoms with Crippen LogP contribution in [0, 0.1) is 6.92 Å². The number of aromatic nitrogens is 2. The van der Waals surface area contributed by atoms with E-state index in [4.69, 9.17) is 4.74 Å². The van der Waals surface area contributed by atoms with E-state index in [2.05, 4.69) is 31.0 Å². The van der Waals surface area contributed by atoms with Gasteiger partial charge >= 0.3 is 0 Å². The van der Waals surface area contributed by atoms with Gasteiger partial charge in [0.1, 0.15) is 0 Å². The first-order valence-corrected chi connectivity index (χ1v) is 7.94. The number of nitrogens with one attached hydrogen (secondary N) is 2. The molecular formula is C15H22IN5OS. The van der Waals surface area contributed by atoms with Crippen LogP contribution in [0.4, 0.5) is 0 Å². The molecule has 0 aliphatic heterocycles. The number of pyridine rings is 1. The van der Waals surface area contributed by atoms with Crippen LogP contribution in [-0.4, -0.2) is 36.6 Å². The summed E-state index contributed by atoms with van der Waals surface area (Å²) in [7, 11) is 3.37. The first-order chi connectivity index (χ1) is 10.7. The van der Waals surface area contributed by atoms with E-state index >= 15 is 0 Å². The minimum absolute atomic E-state index is 0. The van der Waals surface area contributed by atoms with Crippen molar-refractivity contribution in [2.45, 2.75) is 19.9 Å². The maximum absolute atomic E-state index is 5.23. The lowest BCUT2D eigenvalue weighted by Crippen LogP contribution is -2.38. The molecule has 2 rings (SSSR count). The summed E-state index contributed by atoms with van der Waals surface area (Å²) < 4.78 is 5.23. The van der Waals surface area contributed by atoms with Crippen molar-refractivity contribution in [1.29, 1.82) is 0 Å². The molecule has 6 nitrogen and oxygen atoms in total. The van der Waals surface area contributed by atoms with Gasteiger partial charge in [0.25, 0.3) is 0 Å². The SMILES string of the molecule is CN=C(NCCc1csc(C)n1)NCc1cccnc1OC.I. The van der Waals surface area contributed by atoms with E-state index < -0.39 is 0 Å². The number of hydrogen-bond donors (Lipinski definition) is 2. The number of hydrogen-bond acceptors (Lipinski definition) is 5. The molecule has 2 aromatic heterocycles. The van der Waals surface area contributed by atoms with Crippen molar-refractivity contribution in [3.05, 3.63) is 40.0 Å². The van der Waals surface area contributed by atoms with Crippen LogP contribution in [0.3, 0.4) is 0 Å². The van der Waals surface area contributed by atoms with Crippen molar-refractivity contribution < 1.29 is 4.74 Å². The third kappa shape index (κ3) is 6.30. The van der Waals surface area contributed by atoms with E-state index in [1.807, 2.05) is 19.1 Å². The van der Waals surface area contributed by atoms with Gasteiger partial charge in [-0.1, -0.05) is 6.07 Å². The van der Waals surface area contributed by atoms with Crippen LogP contribution in [0.15, 0.2) is 28.7 Å². The molecule has 0 unspecified atom stereocenters. The zero-order valence-electron chi connectivity index (χ0n) is 13.5. The van der Waals surface area contributed by atoms with Crippen molar-refractivity contribution >= 4 is 41.3 Å². The topological polar surface area (TPSA) is 71.4 Å². The predicted octanol–water partition coefficient (Wildman–Crippen LogP) is 2.38. The molecular weight excluding hydrogens is 425 g/mol. The summed E-state index contributed by atoms with van der Waals surface area (Å²) >= 11 is 1.68. The Labute approximate surface area is 157 Å². The maximum atomic E-state index is 5.23. The van der Waals surface area contributed by atoms with Crippen LogP contribution in [-0.2, 0) is 13.0 Å². The third-order valence-corrected chi connectivity index (χ3v) is 3.88. The van der Waals surface area contributed by atoms with Crippen LogP contribution in [0.1, 0.15) is 16.3 Å². The van der Waals surface area contributed by atoms with Gasteiger partial charge in [-0.15, -0.1) is 35.3 Å². The number of rotatable bonds is 6. The number of halogens is 1. The van der Waals surface area contributed by atoms with Crippen molar-refractivity contribution in [2.24, 2.45) is 4.99 Å². The van der Waals surface area contributed by atoms with E-state index in [9.17, 15) is 0 Å². The lowest BCUT2D eigenvalue weighted by molar-refractivity contribution is 0.392. The highest BCUT2D eigenvalue weighted by molar-refractivity contribution is 14.0. The average molecular weight is 447 g/mol. The summed E-state index contributed by atoms with van der Waals surface area (Å²) in [4.78, 5) is 12.8. The average Bonchev–Trinajstić information content (AvgIpc) is 2.96. The fourth-order valence-corrected chi connectivity index (χ4v) is 2.62. The van der Waals surface area contributed by atoms with Gasteiger partial charge in [-0.3, -0.25) is 4.99 Å². The Morgan fingerprint density at radius 3 is 2.87 bits per heavy atom. The van der Waals surface area contributed by atoms with Gasteiger partial charge in [-0.2, -0.15) is 0 Å². The third-order valence-electron chi connectivity index (χ3n) is 3.05. The van der Waals surface area contributed by atoms with Crippen molar-refractivity contribution in [2.75, 3.05) is 20.7 Å². The Morgan fingerprint density at radius 1 is 1.39 bits per heavy atom. The number of ether oxygens (including phenoxy) is 1. The highest BCUT2D eigenvalue weighted by Crippen LogP contribution is 2.12. The van der Waals surface area contributed by atoms with Gasteiger partial charge in [0.15, 0.2) is 5.96 Å². The lowest BCUT2D eigenvalue weighted by Gasteiger charge is -2.12. The van der Waals surface area contributed by atoms with Gasteiger partial charge in [-0.05, 0) is 13.0 Å². The predicted molar refractivity (Wildman–Crippen MR) is 105 cm³/mol. The highest BCUT2D eigenvalue weighted by atomic mass is 127. The molecule has 0 saturated carbocycles. The Balaban J connectivity index is 0.00000264. The van der Waals surface area contributed by atoms with Crippen molar-refractivity contribution in [1.82, 2.24) is 20.6 Å². The number of methoxy groups -OCH3 is 1. The number of aryl methyl sites for hydroxylation is 1. The molecule has 0 aliphatic carbocycles. The van der Waals surface area contributed by atoms with Crippen molar-refractivity contribution in [3.63, 3.8) is 0 Å². The molecule has 0 spiro atoms. The molecule has 23 heavy (non-hydrogen) atoms. The van der Waals surface area contributed by atoms with Crippen LogP contribution in [0.5, 0.6) is 5.88 Å². The second-order valence-corrected chi connectivity index (χ2v) is 5.69. The number of aliphatic imine (C=N–C) groups is 1. The monoisotopic (exact) mass is 447 g/mol. The van der Waals surface area contributed by atoms with E-state index in [1.165, 1.54) is 0 Å². The first kappa shape index (κ1) is 19.6. The first-order valence-electron chi connectivity index (χ1n) is 7.06. The fraction of sp³-hybridized carbons (Fsp3) is 0.400. The van der Waals surface area contributed by atoms with Crippen LogP contribution in [0.2, 0.25) is 0 Å². The second-order valence-electron chi connectivity index (χ2n) is 4.63. The minimum Gasteiger partial charge on any atom is -0.481 e. The summed E-state index contributed by atoms with van der Waals surface area (Å²) in [5.41, 5.74) is 2.10. The summed E-state index contributed by atoms with van der Waals surface area (Å²) in [5.74, 6) is 1.38. The van der Waals surface area contributed by atoms with Gasteiger partial charge in [0.05, 0.1) is 17.8 Å². The normalized spacial score (nSPS) is 10.8. The quantitative estimate of drug-likeness (QED) is 0.404. The molecule has 0 saturated heterocycles. The largest absolute Gasteiger partial charge is 0.481 e. The molecule has 0 amide bonds. The highest BCUT2D eigenvalue weighted by Gasteiger charge is 2.05. The molecule has 0 fully saturated rings. The zero-order chi connectivity index (χ0) is 15.8. The fourth-order valence-electron chi connectivity index (χ4n) is 1.97. The van der Waals surface area contributed by atoms with Gasteiger partial charge in [0, 0.05) is 43.7 Å². The minimum atomic E-state index is 0. The Bertz CT molecular complexity index is 632. The van der Waals surface area contributed by atoms with E-state index in [-0.39, 0.29) is 24.0 Å². The van der Waals surface area contributed by atoms with Gasteiger partial charge in [-0.25, -0.2) is 9.97 Å². The van der Waals surface area contributed by atoms with E-state index in [1.54, 1.807) is 31.7 Å². The molecule has 2 aromatic rings. The molecule has 0 aliphatic rings. The summed E-state index contributed by atoms with van der Waals surface area (Å²) in [5, 5.41) is 9.72. The summed E-state index contributed by atoms with van der Waals surface area (Å²) in [6, 6.07) is 3.87. The Kier molecular flexibility index (Phi) is 8.85. The number of thiazole rings is 1. The number of nitrogens with zero attached hydrogens (tertiary/aromatic N) is 3. The second kappa shape index (κ2) is 10.4. The lowest BCUT2D eigenvalue weighted by atomic mass is 10.2. The van der Waals surface area contributed by atoms with E-state index in [0.29, 0.717) is 12.4 Å². The van der Waals surface area contributed by atoms with Crippen molar-refractivity contribution in [3.8, 4) is 5.88 Å². The maximum Gasteiger partial charge on any atom is 0.218 e. The Hall–Kier alpha value is -1.42. The molecule has 0 atom stereocenters. The van der Waals surface area contributed by atoms with E-state index in [0.717, 1.165) is 35.2 Å². The number of guanidine groups is 1. The smallest absolute Gasteiger partial charge is 0.218 e. The summed E-state index contributed by atoms with van der Waals surface area (Å²) in [6.45, 7) is 3.41. The molecule has 2 heterocycles. The Morgan fingerprint density at radius 2 is 2.22 bits per heavy atom. The zero-order valence-corrected chi connectivity index (χ0v) is 16.6. The van der Waals surface area contributed by atoms with Crippen LogP contribution in [0.25, 0.3) is 0 Å². The molecule has 2 N–H and O–H groups in total. The molecule has 0 radical (unpaired) electrons. The van der Waals surface area contributed by atoms with Gasteiger partial charge in [0.2, 0.25) is 5.88 Å². The summed E-state index contributed by atoms with van der Waals surface area (Å²) in [6.07, 6.45) is 2.59. The van der Waals surface area contributed by atoms with Gasteiger partial charge < -0.3 is 15.4 Å². The molecule has 0 bridgehead atoms.